The van der Waals surface area contributed by atoms with Gasteiger partial charge in [0.1, 0.15) is 30.8 Å². The van der Waals surface area contributed by atoms with Gasteiger partial charge in [-0.1, -0.05) is 11.6 Å². The van der Waals surface area contributed by atoms with Crippen molar-refractivity contribution in [2.75, 3.05) is 52.5 Å². The second kappa shape index (κ2) is 10.6. The van der Waals surface area contributed by atoms with Crippen LogP contribution in [0.25, 0.3) is 10.2 Å². The molecule has 0 radical (unpaired) electrons. The maximum atomic E-state index is 10.4. The van der Waals surface area contributed by atoms with E-state index >= 15 is 0 Å². The van der Waals surface area contributed by atoms with Crippen LogP contribution < -0.4 is 9.47 Å². The van der Waals surface area contributed by atoms with E-state index in [2.05, 4.69) is 14.8 Å². The Hall–Kier alpha value is -1.90. The van der Waals surface area contributed by atoms with E-state index in [4.69, 9.17) is 21.1 Å². The fourth-order valence-electron chi connectivity index (χ4n) is 3.67. The van der Waals surface area contributed by atoms with Crippen LogP contribution in [-0.4, -0.2) is 78.5 Å². The molecule has 0 spiro atoms. The lowest BCUT2D eigenvalue weighted by Crippen LogP contribution is -2.50. The quantitative estimate of drug-likeness (QED) is 0.524. The first-order chi connectivity index (χ1) is 15.0. The van der Waals surface area contributed by atoms with Crippen LogP contribution in [0.5, 0.6) is 11.5 Å². The minimum Gasteiger partial charge on any atom is -0.492 e. The maximum Gasteiger partial charge on any atom is 0.121 e. The normalized spacial score (nSPS) is 16.5. The molecule has 1 aliphatic rings. The lowest BCUT2D eigenvalue weighted by molar-refractivity contribution is 0.0436. The number of aliphatic hydroxyl groups excluding tert-OH is 1. The maximum absolute atomic E-state index is 10.4. The molecule has 31 heavy (non-hydrogen) atoms. The number of benzene rings is 2. The highest BCUT2D eigenvalue weighted by atomic mass is 35.5. The number of halogens is 1. The molecule has 2 aromatic carbocycles. The average molecular weight is 462 g/mol. The summed E-state index contributed by atoms with van der Waals surface area (Å²) in [5.41, 5.74) is 0.950. The molecule has 0 unspecified atom stereocenters. The standard InChI is InChI=1S/C23H28ClN3O3S/c1-17-25-22-14-21(6-7-23(22)31-17)30-16-19(28)15-27-10-8-26(9-11-27)12-13-29-20-4-2-18(24)3-5-20/h2-7,14,19,28H,8-13,15-16H2,1H3/t19-/m1/s1. The van der Waals surface area contributed by atoms with Crippen molar-refractivity contribution in [1.29, 1.82) is 0 Å². The molecule has 8 heteroatoms. The summed E-state index contributed by atoms with van der Waals surface area (Å²) in [6.45, 7) is 8.25. The highest BCUT2D eigenvalue weighted by Crippen LogP contribution is 2.25. The van der Waals surface area contributed by atoms with Gasteiger partial charge in [0, 0.05) is 50.4 Å². The van der Waals surface area contributed by atoms with Gasteiger partial charge in [-0.3, -0.25) is 9.80 Å². The van der Waals surface area contributed by atoms with Crippen molar-refractivity contribution >= 4 is 33.2 Å². The molecule has 2 heterocycles. The van der Waals surface area contributed by atoms with Crippen molar-refractivity contribution in [2.24, 2.45) is 0 Å². The first kappa shape index (κ1) is 22.3. The van der Waals surface area contributed by atoms with Crippen molar-refractivity contribution in [2.45, 2.75) is 13.0 Å². The Kier molecular flexibility index (Phi) is 7.63. The Bertz CT molecular complexity index is 974. The first-order valence-electron chi connectivity index (χ1n) is 10.6. The molecular weight excluding hydrogens is 434 g/mol. The summed E-state index contributed by atoms with van der Waals surface area (Å²) in [7, 11) is 0. The number of fused-ring (bicyclic) bond motifs is 1. The van der Waals surface area contributed by atoms with Crippen LogP contribution >= 0.6 is 22.9 Å². The van der Waals surface area contributed by atoms with Crippen molar-refractivity contribution in [3.63, 3.8) is 0 Å². The van der Waals surface area contributed by atoms with E-state index in [1.165, 1.54) is 0 Å². The number of aryl methyl sites for hydroxylation is 1. The summed E-state index contributed by atoms with van der Waals surface area (Å²) in [5.74, 6) is 1.59. The van der Waals surface area contributed by atoms with Crippen molar-refractivity contribution in [3.05, 3.63) is 52.5 Å². The molecule has 4 rings (SSSR count). The van der Waals surface area contributed by atoms with Crippen LogP contribution in [0.3, 0.4) is 0 Å². The number of rotatable bonds is 9. The summed E-state index contributed by atoms with van der Waals surface area (Å²) < 4.78 is 12.7. The van der Waals surface area contributed by atoms with Crippen molar-refractivity contribution < 1.29 is 14.6 Å². The molecular formula is C23H28ClN3O3S. The predicted octanol–water partition coefficient (Wildman–Crippen LogP) is 3.69. The van der Waals surface area contributed by atoms with Gasteiger partial charge in [0.2, 0.25) is 0 Å². The molecule has 6 nitrogen and oxygen atoms in total. The number of hydrogen-bond acceptors (Lipinski definition) is 7. The van der Waals surface area contributed by atoms with E-state index in [9.17, 15) is 5.11 Å². The number of hydrogen-bond donors (Lipinski definition) is 1. The summed E-state index contributed by atoms with van der Waals surface area (Å²) in [6.07, 6.45) is -0.521. The summed E-state index contributed by atoms with van der Waals surface area (Å²) in [4.78, 5) is 9.17. The van der Waals surface area contributed by atoms with E-state index in [1.807, 2.05) is 49.4 Å². The van der Waals surface area contributed by atoms with Crippen molar-refractivity contribution in [1.82, 2.24) is 14.8 Å². The molecule has 0 aliphatic carbocycles. The molecule has 3 aromatic rings. The molecule has 166 valence electrons. The Balaban J connectivity index is 1.13. The highest BCUT2D eigenvalue weighted by molar-refractivity contribution is 7.18. The van der Waals surface area contributed by atoms with Gasteiger partial charge in [-0.25, -0.2) is 4.98 Å². The molecule has 0 amide bonds. The third kappa shape index (κ3) is 6.54. The van der Waals surface area contributed by atoms with Gasteiger partial charge in [-0.2, -0.15) is 0 Å². The lowest BCUT2D eigenvalue weighted by Gasteiger charge is -2.35. The number of nitrogens with zero attached hydrogens (tertiary/aromatic N) is 3. The second-order valence-electron chi connectivity index (χ2n) is 7.77. The van der Waals surface area contributed by atoms with Gasteiger partial charge >= 0.3 is 0 Å². The van der Waals surface area contributed by atoms with E-state index in [0.29, 0.717) is 18.2 Å². The number of aromatic nitrogens is 1. The molecule has 1 aromatic heterocycles. The van der Waals surface area contributed by atoms with Gasteiger partial charge in [0.05, 0.1) is 15.2 Å². The Morgan fingerprint density at radius 1 is 1.03 bits per heavy atom. The number of ether oxygens (including phenoxy) is 2. The number of thiazole rings is 1. The fraction of sp³-hybridized carbons (Fsp3) is 0.435. The SMILES string of the molecule is Cc1nc2cc(OC[C@H](O)CN3CCN(CCOc4ccc(Cl)cc4)CC3)ccc2s1. The Morgan fingerprint density at radius 2 is 1.74 bits per heavy atom. The van der Waals surface area contributed by atoms with Crippen LogP contribution in [0.15, 0.2) is 42.5 Å². The van der Waals surface area contributed by atoms with Crippen molar-refractivity contribution in [3.8, 4) is 11.5 Å². The summed E-state index contributed by atoms with van der Waals surface area (Å²) in [6, 6.07) is 13.4. The van der Waals surface area contributed by atoms with E-state index < -0.39 is 6.10 Å². The fourth-order valence-corrected chi connectivity index (χ4v) is 4.61. The predicted molar refractivity (Wildman–Crippen MR) is 126 cm³/mol. The number of aliphatic hydroxyl groups is 1. The molecule has 1 aliphatic heterocycles. The smallest absolute Gasteiger partial charge is 0.121 e. The largest absolute Gasteiger partial charge is 0.492 e. The van der Waals surface area contributed by atoms with Crippen LogP contribution in [0.4, 0.5) is 0 Å². The zero-order chi connectivity index (χ0) is 21.6. The van der Waals surface area contributed by atoms with E-state index in [1.54, 1.807) is 11.3 Å². The average Bonchev–Trinajstić information content (AvgIpc) is 3.14. The first-order valence-corrected chi connectivity index (χ1v) is 11.8. The minimum absolute atomic E-state index is 0.282. The van der Waals surface area contributed by atoms with Crippen LogP contribution in [0.2, 0.25) is 5.02 Å². The lowest BCUT2D eigenvalue weighted by atomic mass is 10.2. The third-order valence-corrected chi connectivity index (χ3v) is 6.54. The van der Waals surface area contributed by atoms with Gasteiger partial charge in [0.15, 0.2) is 0 Å². The Labute approximate surface area is 192 Å². The van der Waals surface area contributed by atoms with Gasteiger partial charge in [0.25, 0.3) is 0 Å². The molecule has 1 fully saturated rings. The van der Waals surface area contributed by atoms with Crippen LogP contribution in [0, 0.1) is 6.92 Å². The molecule has 0 saturated carbocycles. The summed E-state index contributed by atoms with van der Waals surface area (Å²) in [5, 5.41) is 12.2. The van der Waals surface area contributed by atoms with Crippen LogP contribution in [0.1, 0.15) is 5.01 Å². The number of piperazine rings is 1. The molecule has 1 N–H and O–H groups in total. The zero-order valence-corrected chi connectivity index (χ0v) is 19.2. The van der Waals surface area contributed by atoms with E-state index in [-0.39, 0.29) is 6.61 Å². The second-order valence-corrected chi connectivity index (χ2v) is 9.44. The third-order valence-electron chi connectivity index (χ3n) is 5.33. The number of β-amino-alcohol motifs (C(OH)–C–C–N with tert-alkyl or cyclic N) is 1. The monoisotopic (exact) mass is 461 g/mol. The molecule has 1 saturated heterocycles. The Morgan fingerprint density at radius 3 is 2.52 bits per heavy atom. The van der Waals surface area contributed by atoms with E-state index in [0.717, 1.165) is 59.4 Å². The summed E-state index contributed by atoms with van der Waals surface area (Å²) >= 11 is 7.57. The van der Waals surface area contributed by atoms with Gasteiger partial charge in [-0.05, 0) is 43.3 Å². The topological polar surface area (TPSA) is 58.1 Å². The minimum atomic E-state index is -0.521. The van der Waals surface area contributed by atoms with Gasteiger partial charge < -0.3 is 14.6 Å². The highest BCUT2D eigenvalue weighted by Gasteiger charge is 2.19. The molecule has 0 bridgehead atoms. The zero-order valence-electron chi connectivity index (χ0n) is 17.7. The molecule has 1 atom stereocenters. The van der Waals surface area contributed by atoms with Gasteiger partial charge in [-0.15, -0.1) is 11.3 Å². The van der Waals surface area contributed by atoms with Crippen LogP contribution in [-0.2, 0) is 0 Å².